The van der Waals surface area contributed by atoms with Crippen LogP contribution in [0.4, 0.5) is 16.2 Å². The highest BCUT2D eigenvalue weighted by Crippen LogP contribution is 2.35. The van der Waals surface area contributed by atoms with Crippen molar-refractivity contribution >= 4 is 29.5 Å². The lowest BCUT2D eigenvalue weighted by Crippen LogP contribution is -2.54. The van der Waals surface area contributed by atoms with Gasteiger partial charge in [-0.1, -0.05) is 0 Å². The Morgan fingerprint density at radius 1 is 1.30 bits per heavy atom. The van der Waals surface area contributed by atoms with E-state index in [0.717, 1.165) is 17.1 Å². The summed E-state index contributed by atoms with van der Waals surface area (Å²) in [6.45, 7) is 5.93. The molecule has 0 bridgehead atoms. The molecule has 0 saturated carbocycles. The normalized spacial score (nSPS) is 17.1. The van der Waals surface area contributed by atoms with Gasteiger partial charge >= 0.3 is 6.03 Å². The molecule has 1 heterocycles. The van der Waals surface area contributed by atoms with Gasteiger partial charge in [0.05, 0.1) is 17.1 Å². The van der Waals surface area contributed by atoms with Gasteiger partial charge in [-0.15, -0.1) is 0 Å². The average molecular weight is 274 g/mol. The molecule has 1 aromatic rings. The topological polar surface area (TPSA) is 73.8 Å². The summed E-state index contributed by atoms with van der Waals surface area (Å²) in [5.41, 5.74) is 4.96. The van der Waals surface area contributed by atoms with Crippen LogP contribution in [0.15, 0.2) is 17.1 Å². The number of hydrogen-bond donors (Lipinski definition) is 2. The molecule has 0 aliphatic carbocycles. The van der Waals surface area contributed by atoms with Gasteiger partial charge in [-0.2, -0.15) is 0 Å². The molecular formula is C14H18N4O2. The Balaban J connectivity index is 2.34. The molecular weight excluding hydrogens is 256 g/mol. The minimum absolute atomic E-state index is 0.353. The third kappa shape index (κ3) is 2.49. The third-order valence-electron chi connectivity index (χ3n) is 3.51. The van der Waals surface area contributed by atoms with Gasteiger partial charge in [0.2, 0.25) is 6.41 Å². The zero-order valence-electron chi connectivity index (χ0n) is 12.0. The Labute approximate surface area is 117 Å². The highest BCUT2D eigenvalue weighted by atomic mass is 16.2. The maximum absolute atomic E-state index is 11.5. The number of imide groups is 1. The molecule has 2 rings (SSSR count). The zero-order chi connectivity index (χ0) is 14.9. The molecule has 20 heavy (non-hydrogen) atoms. The van der Waals surface area contributed by atoms with Gasteiger partial charge in [0.25, 0.3) is 0 Å². The molecule has 1 aliphatic heterocycles. The first-order chi connectivity index (χ1) is 9.43. The van der Waals surface area contributed by atoms with Crippen molar-refractivity contribution in [1.29, 1.82) is 0 Å². The van der Waals surface area contributed by atoms with E-state index in [1.54, 1.807) is 0 Å². The molecule has 0 fully saturated rings. The van der Waals surface area contributed by atoms with E-state index < -0.39 is 6.03 Å². The Hall–Kier alpha value is -2.37. The largest absolute Gasteiger partial charge is 0.348 e. The van der Waals surface area contributed by atoms with E-state index in [1.165, 1.54) is 11.1 Å². The summed E-state index contributed by atoms with van der Waals surface area (Å²) in [5, 5.41) is 4.77. The molecule has 0 aromatic heterocycles. The van der Waals surface area contributed by atoms with Crippen molar-refractivity contribution < 1.29 is 9.59 Å². The number of aryl methyl sites for hydroxylation is 2. The minimum Gasteiger partial charge on any atom is -0.348 e. The summed E-state index contributed by atoms with van der Waals surface area (Å²) in [6.07, 6.45) is -0.0175. The summed E-state index contributed by atoms with van der Waals surface area (Å²) in [7, 11) is 1.89. The first kappa shape index (κ1) is 14.0. The Morgan fingerprint density at radius 2 is 1.95 bits per heavy atom. The molecule has 0 radical (unpaired) electrons. The van der Waals surface area contributed by atoms with Crippen LogP contribution in [0.2, 0.25) is 0 Å². The fourth-order valence-corrected chi connectivity index (χ4v) is 2.25. The second-order valence-electron chi connectivity index (χ2n) is 4.93. The van der Waals surface area contributed by atoms with Gasteiger partial charge in [0, 0.05) is 7.05 Å². The van der Waals surface area contributed by atoms with Crippen LogP contribution in [0.25, 0.3) is 0 Å². The minimum atomic E-state index is -0.543. The second-order valence-corrected chi connectivity index (χ2v) is 4.93. The Morgan fingerprint density at radius 3 is 2.60 bits per heavy atom. The van der Waals surface area contributed by atoms with E-state index >= 15 is 0 Å². The van der Waals surface area contributed by atoms with Crippen molar-refractivity contribution in [2.75, 3.05) is 11.9 Å². The van der Waals surface area contributed by atoms with Gasteiger partial charge < -0.3 is 10.2 Å². The SMILES string of the molecule is CC1=Nc2cc(C)c(C)cc2N(C)C1NC(=O)NC=O. The Kier molecular flexibility index (Phi) is 3.74. The summed E-state index contributed by atoms with van der Waals surface area (Å²) in [5.74, 6) is 0. The van der Waals surface area contributed by atoms with Gasteiger partial charge in [0.1, 0.15) is 6.17 Å². The molecule has 1 atom stereocenters. The van der Waals surface area contributed by atoms with Crippen molar-refractivity contribution in [1.82, 2.24) is 10.6 Å². The number of carbonyl (C=O) groups excluding carboxylic acids is 2. The fourth-order valence-electron chi connectivity index (χ4n) is 2.25. The van der Waals surface area contributed by atoms with Crippen LogP contribution >= 0.6 is 0 Å². The summed E-state index contributed by atoms with van der Waals surface area (Å²) in [6, 6.07) is 3.54. The van der Waals surface area contributed by atoms with Crippen molar-refractivity contribution in [2.24, 2.45) is 4.99 Å². The number of rotatable bonds is 2. The number of anilines is 1. The highest BCUT2D eigenvalue weighted by molar-refractivity contribution is 6.00. The highest BCUT2D eigenvalue weighted by Gasteiger charge is 2.26. The van der Waals surface area contributed by atoms with E-state index in [1.807, 2.05) is 44.9 Å². The number of carbonyl (C=O) groups is 2. The maximum Gasteiger partial charge on any atom is 0.323 e. The predicted octanol–water partition coefficient (Wildman–Crippen LogP) is 1.63. The maximum atomic E-state index is 11.5. The van der Waals surface area contributed by atoms with Crippen molar-refractivity contribution in [3.05, 3.63) is 23.3 Å². The molecule has 0 spiro atoms. The molecule has 1 unspecified atom stereocenters. The van der Waals surface area contributed by atoms with Crippen molar-refractivity contribution in [3.8, 4) is 0 Å². The average Bonchev–Trinajstić information content (AvgIpc) is 2.38. The van der Waals surface area contributed by atoms with Crippen molar-refractivity contribution in [3.63, 3.8) is 0 Å². The molecule has 6 heteroatoms. The summed E-state index contributed by atoms with van der Waals surface area (Å²) < 4.78 is 0. The predicted molar refractivity (Wildman–Crippen MR) is 78.6 cm³/mol. The molecule has 106 valence electrons. The molecule has 0 saturated heterocycles. The fraction of sp³-hybridized carbons (Fsp3) is 0.357. The van der Waals surface area contributed by atoms with Crippen molar-refractivity contribution in [2.45, 2.75) is 26.9 Å². The van der Waals surface area contributed by atoms with E-state index in [2.05, 4.69) is 15.6 Å². The van der Waals surface area contributed by atoms with E-state index in [9.17, 15) is 9.59 Å². The molecule has 1 aromatic carbocycles. The lowest BCUT2D eigenvalue weighted by atomic mass is 10.0. The van der Waals surface area contributed by atoms with E-state index in [4.69, 9.17) is 0 Å². The first-order valence-electron chi connectivity index (χ1n) is 6.34. The molecule has 6 nitrogen and oxygen atoms in total. The molecule has 3 amide bonds. The number of fused-ring (bicyclic) bond motifs is 1. The molecule has 1 aliphatic rings. The van der Waals surface area contributed by atoms with Crippen LogP contribution in [-0.2, 0) is 4.79 Å². The van der Waals surface area contributed by atoms with Gasteiger partial charge in [-0.05, 0) is 44.0 Å². The third-order valence-corrected chi connectivity index (χ3v) is 3.51. The number of benzene rings is 1. The second kappa shape index (κ2) is 5.32. The number of amides is 3. The monoisotopic (exact) mass is 274 g/mol. The van der Waals surface area contributed by atoms with Crippen LogP contribution in [0.1, 0.15) is 18.1 Å². The standard InChI is InChI=1S/C14H18N4O2/c1-8-5-11-12(6-9(8)2)18(4)13(10(3)16-11)17-14(20)15-7-19/h5-7,13H,1-4H3,(H2,15,17,19,20). The number of nitrogens with zero attached hydrogens (tertiary/aromatic N) is 2. The number of urea groups is 1. The zero-order valence-corrected chi connectivity index (χ0v) is 12.0. The number of hydrogen-bond acceptors (Lipinski definition) is 4. The van der Waals surface area contributed by atoms with Crippen LogP contribution in [-0.4, -0.2) is 31.4 Å². The lowest BCUT2D eigenvalue weighted by Gasteiger charge is -2.35. The summed E-state index contributed by atoms with van der Waals surface area (Å²) >= 11 is 0. The van der Waals surface area contributed by atoms with Crippen LogP contribution in [0.3, 0.4) is 0 Å². The smallest absolute Gasteiger partial charge is 0.323 e. The number of nitrogens with one attached hydrogen (secondary N) is 2. The van der Waals surface area contributed by atoms with Crippen LogP contribution in [0, 0.1) is 13.8 Å². The van der Waals surface area contributed by atoms with Gasteiger partial charge in [0.15, 0.2) is 0 Å². The van der Waals surface area contributed by atoms with Gasteiger partial charge in [-0.3, -0.25) is 15.1 Å². The molecule has 2 N–H and O–H groups in total. The van der Waals surface area contributed by atoms with Gasteiger partial charge in [-0.25, -0.2) is 4.79 Å². The van der Waals surface area contributed by atoms with E-state index in [0.29, 0.717) is 6.41 Å². The van der Waals surface area contributed by atoms with E-state index in [-0.39, 0.29) is 6.17 Å². The quantitative estimate of drug-likeness (QED) is 0.805. The first-order valence-corrected chi connectivity index (χ1v) is 6.34. The summed E-state index contributed by atoms with van der Waals surface area (Å²) in [4.78, 5) is 28.3. The van der Waals surface area contributed by atoms with Crippen LogP contribution < -0.4 is 15.5 Å². The number of aliphatic imine (C=N–C) groups is 1. The Bertz CT molecular complexity index is 595. The lowest BCUT2D eigenvalue weighted by molar-refractivity contribution is -0.108. The van der Waals surface area contributed by atoms with Crippen LogP contribution in [0.5, 0.6) is 0 Å².